The van der Waals surface area contributed by atoms with Crippen LogP contribution < -0.4 is 10.5 Å². The number of halogens is 1. The van der Waals surface area contributed by atoms with Crippen LogP contribution in [-0.2, 0) is 0 Å². The first kappa shape index (κ1) is 13.8. The van der Waals surface area contributed by atoms with Gasteiger partial charge >= 0.3 is 0 Å². The lowest BCUT2D eigenvalue weighted by Crippen LogP contribution is -2.33. The van der Waals surface area contributed by atoms with Crippen molar-refractivity contribution in [2.75, 3.05) is 6.61 Å². The van der Waals surface area contributed by atoms with Crippen molar-refractivity contribution in [3.8, 4) is 5.88 Å². The fraction of sp³-hybridized carbons (Fsp3) is 0.417. The predicted molar refractivity (Wildman–Crippen MR) is 69.6 cm³/mol. The van der Waals surface area contributed by atoms with Gasteiger partial charge in [0.2, 0.25) is 0 Å². The van der Waals surface area contributed by atoms with Gasteiger partial charge in [-0.15, -0.1) is 12.4 Å². The van der Waals surface area contributed by atoms with Crippen LogP contribution in [0.15, 0.2) is 28.8 Å². The van der Waals surface area contributed by atoms with E-state index in [9.17, 15) is 0 Å². The van der Waals surface area contributed by atoms with Crippen LogP contribution in [0.3, 0.4) is 0 Å². The van der Waals surface area contributed by atoms with Crippen molar-refractivity contribution in [1.82, 2.24) is 5.16 Å². The molecule has 2 rings (SSSR count). The Labute approximate surface area is 107 Å². The van der Waals surface area contributed by atoms with Gasteiger partial charge in [-0.25, -0.2) is 0 Å². The number of rotatable bonds is 4. The van der Waals surface area contributed by atoms with E-state index < -0.39 is 0 Å². The van der Waals surface area contributed by atoms with E-state index in [2.05, 4.69) is 19.0 Å². The summed E-state index contributed by atoms with van der Waals surface area (Å²) in [5.41, 5.74) is 6.63. The summed E-state index contributed by atoms with van der Waals surface area (Å²) < 4.78 is 10.7. The molecular formula is C12H17ClN2O2. The highest BCUT2D eigenvalue weighted by atomic mass is 35.5. The van der Waals surface area contributed by atoms with Crippen molar-refractivity contribution < 1.29 is 9.26 Å². The summed E-state index contributed by atoms with van der Waals surface area (Å²) in [6.07, 6.45) is 0. The minimum Gasteiger partial charge on any atom is -0.473 e. The first-order chi connectivity index (χ1) is 7.68. The van der Waals surface area contributed by atoms with E-state index in [1.165, 1.54) is 0 Å². The second-order valence-electron chi connectivity index (χ2n) is 4.20. The lowest BCUT2D eigenvalue weighted by Gasteiger charge is -2.14. The molecule has 1 aromatic heterocycles. The molecule has 1 heterocycles. The molecule has 0 bridgehead atoms. The summed E-state index contributed by atoms with van der Waals surface area (Å²) in [6, 6.07) is 7.61. The van der Waals surface area contributed by atoms with E-state index >= 15 is 0 Å². The zero-order valence-corrected chi connectivity index (χ0v) is 10.7. The van der Waals surface area contributed by atoms with E-state index in [4.69, 9.17) is 15.0 Å². The number of ether oxygens (including phenoxy) is 1. The maximum Gasteiger partial charge on any atom is 0.262 e. The predicted octanol–water partition coefficient (Wildman–Crippen LogP) is 2.61. The van der Waals surface area contributed by atoms with Crippen LogP contribution in [0.5, 0.6) is 5.88 Å². The van der Waals surface area contributed by atoms with Crippen molar-refractivity contribution in [2.24, 2.45) is 11.7 Å². The van der Waals surface area contributed by atoms with E-state index in [1.54, 1.807) is 0 Å². The first-order valence-electron chi connectivity index (χ1n) is 5.41. The number of hydrogen-bond donors (Lipinski definition) is 1. The Hall–Kier alpha value is -1.26. The molecule has 0 aliphatic carbocycles. The van der Waals surface area contributed by atoms with Crippen molar-refractivity contribution in [3.05, 3.63) is 24.3 Å². The third kappa shape index (κ3) is 3.11. The monoisotopic (exact) mass is 256 g/mol. The smallest absolute Gasteiger partial charge is 0.262 e. The third-order valence-electron chi connectivity index (χ3n) is 2.61. The van der Waals surface area contributed by atoms with Crippen LogP contribution in [0.2, 0.25) is 0 Å². The van der Waals surface area contributed by atoms with Gasteiger partial charge in [0.25, 0.3) is 5.88 Å². The van der Waals surface area contributed by atoms with Gasteiger partial charge in [0.15, 0.2) is 5.58 Å². The van der Waals surface area contributed by atoms with Crippen molar-refractivity contribution in [3.63, 3.8) is 0 Å². The van der Waals surface area contributed by atoms with Gasteiger partial charge in [-0.3, -0.25) is 0 Å². The van der Waals surface area contributed by atoms with Gasteiger partial charge in [-0.1, -0.05) is 26.0 Å². The number of aromatic nitrogens is 1. The molecule has 17 heavy (non-hydrogen) atoms. The molecule has 2 N–H and O–H groups in total. The van der Waals surface area contributed by atoms with Gasteiger partial charge in [0.1, 0.15) is 6.61 Å². The van der Waals surface area contributed by atoms with Crippen molar-refractivity contribution in [2.45, 2.75) is 19.9 Å². The lowest BCUT2D eigenvalue weighted by molar-refractivity contribution is 0.240. The molecule has 0 saturated heterocycles. The summed E-state index contributed by atoms with van der Waals surface area (Å²) in [7, 11) is 0. The molecule has 1 aromatic carbocycles. The molecule has 5 heteroatoms. The molecule has 0 unspecified atom stereocenters. The molecule has 0 radical (unpaired) electrons. The fourth-order valence-electron chi connectivity index (χ4n) is 1.33. The SMILES string of the molecule is CC(C)[C@H](N)COc1noc2ccccc12.Cl. The lowest BCUT2D eigenvalue weighted by atomic mass is 10.1. The molecule has 0 spiro atoms. The molecule has 0 aliphatic heterocycles. The van der Waals surface area contributed by atoms with Crippen molar-refractivity contribution >= 4 is 23.4 Å². The number of fused-ring (bicyclic) bond motifs is 1. The molecule has 4 nitrogen and oxygen atoms in total. The molecule has 1 atom stereocenters. The van der Waals surface area contributed by atoms with Crippen LogP contribution in [0.25, 0.3) is 11.0 Å². The molecule has 2 aromatic rings. The number of hydrogen-bond acceptors (Lipinski definition) is 4. The normalized spacial score (nSPS) is 12.5. The topological polar surface area (TPSA) is 61.3 Å². The highest BCUT2D eigenvalue weighted by molar-refractivity contribution is 5.85. The number of para-hydroxylation sites is 1. The number of nitrogens with zero attached hydrogens (tertiary/aromatic N) is 1. The standard InChI is InChI=1S/C12H16N2O2.ClH/c1-8(2)10(13)7-15-12-9-5-3-4-6-11(9)16-14-12;/h3-6,8,10H,7,13H2,1-2H3;1H/t10-;/m1./s1. The zero-order valence-electron chi connectivity index (χ0n) is 9.92. The van der Waals surface area contributed by atoms with Crippen LogP contribution in [-0.4, -0.2) is 17.8 Å². The summed E-state index contributed by atoms with van der Waals surface area (Å²) in [5.74, 6) is 0.907. The maximum absolute atomic E-state index is 5.89. The molecular weight excluding hydrogens is 240 g/mol. The molecule has 0 fully saturated rings. The van der Waals surface area contributed by atoms with Gasteiger partial charge < -0.3 is 15.0 Å². The Morgan fingerprint density at radius 1 is 1.35 bits per heavy atom. The van der Waals surface area contributed by atoms with E-state index in [-0.39, 0.29) is 18.4 Å². The van der Waals surface area contributed by atoms with Crippen LogP contribution in [0, 0.1) is 5.92 Å². The molecule has 0 saturated carbocycles. The largest absolute Gasteiger partial charge is 0.473 e. The van der Waals surface area contributed by atoms with Crippen LogP contribution in [0.4, 0.5) is 0 Å². The highest BCUT2D eigenvalue weighted by Gasteiger charge is 2.12. The summed E-state index contributed by atoms with van der Waals surface area (Å²) >= 11 is 0. The first-order valence-corrected chi connectivity index (χ1v) is 5.41. The third-order valence-corrected chi connectivity index (χ3v) is 2.61. The summed E-state index contributed by atoms with van der Waals surface area (Å²) in [4.78, 5) is 0. The van der Waals surface area contributed by atoms with Crippen molar-refractivity contribution in [1.29, 1.82) is 0 Å². The van der Waals surface area contributed by atoms with Gasteiger partial charge in [0, 0.05) is 6.04 Å². The highest BCUT2D eigenvalue weighted by Crippen LogP contribution is 2.24. The molecule has 94 valence electrons. The van der Waals surface area contributed by atoms with E-state index in [1.807, 2.05) is 24.3 Å². The molecule has 0 amide bonds. The fourth-order valence-corrected chi connectivity index (χ4v) is 1.33. The summed E-state index contributed by atoms with van der Waals surface area (Å²) in [6.45, 7) is 4.58. The number of benzene rings is 1. The average molecular weight is 257 g/mol. The molecule has 0 aliphatic rings. The quantitative estimate of drug-likeness (QED) is 0.914. The zero-order chi connectivity index (χ0) is 11.5. The Balaban J connectivity index is 0.00000144. The Bertz CT molecular complexity index is 470. The van der Waals surface area contributed by atoms with Crippen LogP contribution in [0.1, 0.15) is 13.8 Å². The average Bonchev–Trinajstić information content (AvgIpc) is 2.69. The Kier molecular flexibility index (Phi) is 4.78. The minimum absolute atomic E-state index is 0. The van der Waals surface area contributed by atoms with Gasteiger partial charge in [-0.2, -0.15) is 0 Å². The number of nitrogens with two attached hydrogens (primary N) is 1. The Morgan fingerprint density at radius 3 is 2.76 bits per heavy atom. The maximum atomic E-state index is 5.89. The van der Waals surface area contributed by atoms with E-state index in [0.29, 0.717) is 18.4 Å². The second-order valence-corrected chi connectivity index (χ2v) is 4.20. The minimum atomic E-state index is 0. The second kappa shape index (κ2) is 5.89. The van der Waals surface area contributed by atoms with Gasteiger partial charge in [-0.05, 0) is 23.2 Å². The summed E-state index contributed by atoms with van der Waals surface area (Å²) in [5, 5.41) is 4.76. The van der Waals surface area contributed by atoms with Gasteiger partial charge in [0.05, 0.1) is 5.39 Å². The van der Waals surface area contributed by atoms with E-state index in [0.717, 1.165) is 11.0 Å². The van der Waals surface area contributed by atoms with Crippen LogP contribution >= 0.6 is 12.4 Å². The Morgan fingerprint density at radius 2 is 2.06 bits per heavy atom.